The zero-order chi connectivity index (χ0) is 19.8. The van der Waals surface area contributed by atoms with Crippen molar-refractivity contribution in [1.29, 1.82) is 0 Å². The largest absolute Gasteiger partial charge is 0.491 e. The number of fused-ring (bicyclic) bond motifs is 1. The van der Waals surface area contributed by atoms with Crippen molar-refractivity contribution < 1.29 is 20.1 Å². The Labute approximate surface area is 165 Å². The molecule has 2 atom stereocenters. The van der Waals surface area contributed by atoms with E-state index in [1.165, 1.54) is 0 Å². The highest BCUT2D eigenvalue weighted by Crippen LogP contribution is 2.15. The monoisotopic (exact) mass is 384 g/mol. The third-order valence-electron chi connectivity index (χ3n) is 4.63. The Morgan fingerprint density at radius 1 is 0.893 bits per heavy atom. The molecule has 2 aromatic carbocycles. The molecule has 0 bridgehead atoms. The summed E-state index contributed by atoms with van der Waals surface area (Å²) in [6, 6.07) is 19.4. The van der Waals surface area contributed by atoms with Gasteiger partial charge >= 0.3 is 0 Å². The summed E-state index contributed by atoms with van der Waals surface area (Å²) in [4.78, 5) is 1.86. The minimum Gasteiger partial charge on any atom is -0.491 e. The summed E-state index contributed by atoms with van der Waals surface area (Å²) in [5.74, 6) is 0.703. The summed E-state index contributed by atoms with van der Waals surface area (Å²) < 4.78 is 7.60. The molecule has 0 unspecified atom stereocenters. The van der Waals surface area contributed by atoms with Gasteiger partial charge in [-0.3, -0.25) is 4.90 Å². The second-order valence-corrected chi connectivity index (χ2v) is 6.94. The summed E-state index contributed by atoms with van der Waals surface area (Å²) in [7, 11) is 0. The van der Waals surface area contributed by atoms with E-state index in [0.29, 0.717) is 31.9 Å². The lowest BCUT2D eigenvalue weighted by atomic mass is 10.2. The summed E-state index contributed by atoms with van der Waals surface area (Å²) >= 11 is 0. The van der Waals surface area contributed by atoms with Gasteiger partial charge in [0.25, 0.3) is 0 Å². The molecule has 0 amide bonds. The third kappa shape index (κ3) is 5.81. The van der Waals surface area contributed by atoms with Crippen LogP contribution < -0.4 is 4.74 Å². The van der Waals surface area contributed by atoms with Crippen molar-refractivity contribution >= 4 is 10.9 Å². The lowest BCUT2D eigenvalue weighted by molar-refractivity contribution is 0.0351. The molecule has 1 heterocycles. The summed E-state index contributed by atoms with van der Waals surface area (Å²) in [5, 5.41) is 31.3. The molecule has 0 saturated heterocycles. The molecule has 28 heavy (non-hydrogen) atoms. The van der Waals surface area contributed by atoms with Gasteiger partial charge in [0.1, 0.15) is 18.5 Å². The van der Waals surface area contributed by atoms with Crippen LogP contribution in [0.5, 0.6) is 5.75 Å². The smallest absolute Gasteiger partial charge is 0.119 e. The third-order valence-corrected chi connectivity index (χ3v) is 4.63. The van der Waals surface area contributed by atoms with Crippen LogP contribution >= 0.6 is 0 Å². The van der Waals surface area contributed by atoms with Crippen molar-refractivity contribution in [3.63, 3.8) is 0 Å². The molecule has 0 saturated carbocycles. The van der Waals surface area contributed by atoms with Gasteiger partial charge in [-0.05, 0) is 29.7 Å². The molecule has 3 rings (SSSR count). The van der Waals surface area contributed by atoms with Gasteiger partial charge in [-0.25, -0.2) is 0 Å². The van der Waals surface area contributed by atoms with E-state index >= 15 is 0 Å². The lowest BCUT2D eigenvalue weighted by Gasteiger charge is -2.27. The number of hydrogen-bond acceptors (Lipinski definition) is 5. The standard InChI is InChI=1S/C22H28N2O4/c25-13-12-23(15-20(27)17-28-21-7-2-1-3-8-21)14-19(26)16-24-11-10-18-6-4-5-9-22(18)24/h1-11,19-20,25-27H,12-17H2/t19-,20+/m1/s1. The van der Waals surface area contributed by atoms with Crippen molar-refractivity contribution in [2.75, 3.05) is 32.8 Å². The van der Waals surface area contributed by atoms with Crippen molar-refractivity contribution in [3.05, 3.63) is 66.9 Å². The Kier molecular flexibility index (Phi) is 7.45. The summed E-state index contributed by atoms with van der Waals surface area (Å²) in [5.41, 5.74) is 1.08. The maximum Gasteiger partial charge on any atom is 0.119 e. The van der Waals surface area contributed by atoms with Crippen molar-refractivity contribution in [1.82, 2.24) is 9.47 Å². The number of hydrogen-bond donors (Lipinski definition) is 3. The molecule has 6 nitrogen and oxygen atoms in total. The molecule has 0 aliphatic rings. The van der Waals surface area contributed by atoms with Gasteiger partial charge in [0, 0.05) is 37.9 Å². The van der Waals surface area contributed by atoms with E-state index in [0.717, 1.165) is 10.9 Å². The maximum absolute atomic E-state index is 10.5. The van der Waals surface area contributed by atoms with E-state index in [9.17, 15) is 15.3 Å². The Morgan fingerprint density at radius 2 is 1.61 bits per heavy atom. The first kappa shape index (κ1) is 20.4. The van der Waals surface area contributed by atoms with Gasteiger partial charge in [0.2, 0.25) is 0 Å². The fraction of sp³-hybridized carbons (Fsp3) is 0.364. The highest BCUT2D eigenvalue weighted by Gasteiger charge is 2.17. The van der Waals surface area contributed by atoms with Crippen LogP contribution in [-0.2, 0) is 6.54 Å². The van der Waals surface area contributed by atoms with Crippen LogP contribution in [0.15, 0.2) is 66.9 Å². The molecule has 0 spiro atoms. The quantitative estimate of drug-likeness (QED) is 0.469. The van der Waals surface area contributed by atoms with Crippen LogP contribution in [0.1, 0.15) is 0 Å². The number of aliphatic hydroxyl groups excluding tert-OH is 3. The van der Waals surface area contributed by atoms with E-state index in [4.69, 9.17) is 4.74 Å². The number of rotatable bonds is 11. The molecular weight excluding hydrogens is 356 g/mol. The number of aliphatic hydroxyl groups is 3. The zero-order valence-electron chi connectivity index (χ0n) is 15.9. The minimum atomic E-state index is -0.716. The lowest BCUT2D eigenvalue weighted by Crippen LogP contribution is -2.42. The minimum absolute atomic E-state index is 0.0363. The van der Waals surface area contributed by atoms with Crippen LogP contribution in [0.25, 0.3) is 10.9 Å². The Morgan fingerprint density at radius 3 is 2.39 bits per heavy atom. The maximum atomic E-state index is 10.5. The molecule has 150 valence electrons. The van der Waals surface area contributed by atoms with Crippen LogP contribution in [0, 0.1) is 0 Å². The normalized spacial score (nSPS) is 13.7. The van der Waals surface area contributed by atoms with Crippen molar-refractivity contribution in [2.45, 2.75) is 18.8 Å². The van der Waals surface area contributed by atoms with E-state index in [1.54, 1.807) is 0 Å². The predicted octanol–water partition coefficient (Wildman–Crippen LogP) is 1.74. The van der Waals surface area contributed by atoms with Crippen LogP contribution in [0.3, 0.4) is 0 Å². The van der Waals surface area contributed by atoms with Gasteiger partial charge in [-0.15, -0.1) is 0 Å². The summed E-state index contributed by atoms with van der Waals surface area (Å²) in [6.07, 6.45) is 0.628. The topological polar surface area (TPSA) is 78.1 Å². The first-order chi connectivity index (χ1) is 13.7. The van der Waals surface area contributed by atoms with Crippen LogP contribution in [0.2, 0.25) is 0 Å². The molecule has 1 aromatic heterocycles. The van der Waals surface area contributed by atoms with Gasteiger partial charge < -0.3 is 24.6 Å². The zero-order valence-corrected chi connectivity index (χ0v) is 15.9. The van der Waals surface area contributed by atoms with Crippen molar-refractivity contribution in [3.8, 4) is 5.75 Å². The molecule has 6 heteroatoms. The van der Waals surface area contributed by atoms with E-state index in [-0.39, 0.29) is 13.2 Å². The molecule has 0 aliphatic carbocycles. The van der Waals surface area contributed by atoms with Gasteiger partial charge in [-0.1, -0.05) is 36.4 Å². The SMILES string of the molecule is OCCN(C[C@H](O)COc1ccccc1)C[C@@H](O)Cn1ccc2ccccc21. The number of nitrogens with zero attached hydrogens (tertiary/aromatic N) is 2. The van der Waals surface area contributed by atoms with Crippen LogP contribution in [-0.4, -0.2) is 69.8 Å². The molecule has 3 N–H and O–H groups in total. The second kappa shape index (κ2) is 10.2. The Hall–Kier alpha value is -2.38. The fourth-order valence-electron chi connectivity index (χ4n) is 3.34. The van der Waals surface area contributed by atoms with E-state index in [2.05, 4.69) is 0 Å². The highest BCUT2D eigenvalue weighted by molar-refractivity contribution is 5.79. The fourth-order valence-corrected chi connectivity index (χ4v) is 3.34. The molecule has 0 aliphatic heterocycles. The first-order valence-corrected chi connectivity index (χ1v) is 9.57. The molecular formula is C22H28N2O4. The number of ether oxygens (including phenoxy) is 1. The van der Waals surface area contributed by atoms with Crippen molar-refractivity contribution in [2.24, 2.45) is 0 Å². The van der Waals surface area contributed by atoms with Gasteiger partial charge in [0.05, 0.1) is 12.7 Å². The highest BCUT2D eigenvalue weighted by atomic mass is 16.5. The average Bonchev–Trinajstić information content (AvgIpc) is 3.10. The van der Waals surface area contributed by atoms with Crippen LogP contribution in [0.4, 0.5) is 0 Å². The number of aromatic nitrogens is 1. The van der Waals surface area contributed by atoms with E-state index < -0.39 is 12.2 Å². The first-order valence-electron chi connectivity index (χ1n) is 9.57. The molecule has 3 aromatic rings. The van der Waals surface area contributed by atoms with E-state index in [1.807, 2.05) is 76.3 Å². The molecule has 0 radical (unpaired) electrons. The average molecular weight is 384 g/mol. The van der Waals surface area contributed by atoms with Gasteiger partial charge in [0.15, 0.2) is 0 Å². The number of para-hydroxylation sites is 2. The Balaban J connectivity index is 1.51. The molecule has 0 fully saturated rings. The number of benzene rings is 2. The Bertz CT molecular complexity index is 837. The van der Waals surface area contributed by atoms with Gasteiger partial charge in [-0.2, -0.15) is 0 Å². The second-order valence-electron chi connectivity index (χ2n) is 6.94. The predicted molar refractivity (Wildman–Crippen MR) is 109 cm³/mol. The summed E-state index contributed by atoms with van der Waals surface area (Å²) in [6.45, 7) is 1.62.